The first-order valence-electron chi connectivity index (χ1n) is 8.18. The van der Waals surface area contributed by atoms with Crippen LogP contribution in [0.25, 0.3) is 0 Å². The number of piperidine rings is 1. The van der Waals surface area contributed by atoms with Crippen molar-refractivity contribution in [2.75, 3.05) is 13.2 Å². The molecular weight excluding hydrogens is 327 g/mol. The summed E-state index contributed by atoms with van der Waals surface area (Å²) >= 11 is 1.38. The quantitative estimate of drug-likeness (QED) is 0.924. The Morgan fingerprint density at radius 2 is 2.21 bits per heavy atom. The number of carbonyl (C=O) groups is 1. The van der Waals surface area contributed by atoms with E-state index in [1.54, 1.807) is 28.5 Å². The fourth-order valence-electron chi connectivity index (χ4n) is 3.06. The van der Waals surface area contributed by atoms with Gasteiger partial charge in [-0.15, -0.1) is 11.3 Å². The lowest BCUT2D eigenvalue weighted by molar-refractivity contribution is 0.0484. The molecule has 1 amide bonds. The Labute approximate surface area is 145 Å². The molecule has 0 radical (unpaired) electrons. The third kappa shape index (κ3) is 3.65. The topological polar surface area (TPSA) is 53.4 Å². The highest BCUT2D eigenvalue weighted by Crippen LogP contribution is 2.24. The van der Waals surface area contributed by atoms with Gasteiger partial charge in [0, 0.05) is 31.0 Å². The van der Waals surface area contributed by atoms with Crippen molar-refractivity contribution >= 4 is 17.2 Å². The van der Waals surface area contributed by atoms with Gasteiger partial charge in [-0.3, -0.25) is 4.79 Å². The summed E-state index contributed by atoms with van der Waals surface area (Å²) in [5.74, 6) is -0.214. The summed E-state index contributed by atoms with van der Waals surface area (Å²) in [5.41, 5.74) is 0.995. The first-order chi connectivity index (χ1) is 11.6. The summed E-state index contributed by atoms with van der Waals surface area (Å²) in [5, 5.41) is 11.8. The Morgan fingerprint density at radius 3 is 2.96 bits per heavy atom. The first-order valence-corrected chi connectivity index (χ1v) is 9.06. The van der Waals surface area contributed by atoms with Gasteiger partial charge in [0.25, 0.3) is 5.91 Å². The fraction of sp³-hybridized carbons (Fsp3) is 0.444. The molecule has 0 saturated carbocycles. The summed E-state index contributed by atoms with van der Waals surface area (Å²) in [6.45, 7) is 2.70. The van der Waals surface area contributed by atoms with E-state index in [9.17, 15) is 14.3 Å². The van der Waals surface area contributed by atoms with Crippen LogP contribution in [0.1, 0.15) is 40.8 Å². The third-order valence-electron chi connectivity index (χ3n) is 4.57. The predicted molar refractivity (Wildman–Crippen MR) is 91.6 cm³/mol. The van der Waals surface area contributed by atoms with Crippen LogP contribution in [-0.4, -0.2) is 40.1 Å². The molecule has 2 atom stereocenters. The van der Waals surface area contributed by atoms with Crippen LogP contribution in [0.5, 0.6) is 0 Å². The number of aromatic nitrogens is 1. The maximum atomic E-state index is 13.7. The normalized spacial score (nSPS) is 21.0. The van der Waals surface area contributed by atoms with E-state index >= 15 is 0 Å². The van der Waals surface area contributed by atoms with Gasteiger partial charge in [-0.25, -0.2) is 9.37 Å². The summed E-state index contributed by atoms with van der Waals surface area (Å²) in [6, 6.07) is 6.76. The molecule has 2 aromatic rings. The minimum atomic E-state index is -0.254. The van der Waals surface area contributed by atoms with Crippen LogP contribution in [0, 0.1) is 11.7 Å². The van der Waals surface area contributed by atoms with Gasteiger partial charge in [-0.05, 0) is 37.3 Å². The molecule has 0 spiro atoms. The standard InChI is InChI=1S/C18H21FN2O2S/c1-12-6-7-13(10-22)9-21(12)18(23)16-11-24-17(20-16)8-14-4-2-3-5-15(14)19/h2-5,11-13,22H,6-10H2,1H3. The zero-order valence-corrected chi connectivity index (χ0v) is 14.4. The molecule has 1 saturated heterocycles. The molecule has 0 bridgehead atoms. The molecule has 2 heterocycles. The molecule has 128 valence electrons. The maximum absolute atomic E-state index is 13.7. The van der Waals surface area contributed by atoms with Crippen LogP contribution in [0.2, 0.25) is 0 Å². The molecule has 24 heavy (non-hydrogen) atoms. The molecule has 1 aliphatic heterocycles. The molecule has 1 aromatic carbocycles. The fourth-order valence-corrected chi connectivity index (χ4v) is 3.85. The van der Waals surface area contributed by atoms with Crippen molar-refractivity contribution in [1.29, 1.82) is 0 Å². The largest absolute Gasteiger partial charge is 0.396 e. The van der Waals surface area contributed by atoms with Gasteiger partial charge in [0.05, 0.1) is 5.01 Å². The molecule has 6 heteroatoms. The van der Waals surface area contributed by atoms with Crippen molar-refractivity contribution in [2.45, 2.75) is 32.2 Å². The van der Waals surface area contributed by atoms with E-state index in [0.717, 1.165) is 17.8 Å². The van der Waals surface area contributed by atoms with Gasteiger partial charge in [0.15, 0.2) is 0 Å². The number of hydrogen-bond donors (Lipinski definition) is 1. The van der Waals surface area contributed by atoms with Crippen LogP contribution in [-0.2, 0) is 6.42 Å². The van der Waals surface area contributed by atoms with Gasteiger partial charge in [0.1, 0.15) is 11.5 Å². The van der Waals surface area contributed by atoms with E-state index < -0.39 is 0 Å². The van der Waals surface area contributed by atoms with Gasteiger partial charge in [-0.1, -0.05) is 18.2 Å². The van der Waals surface area contributed by atoms with Crippen molar-refractivity contribution in [3.05, 3.63) is 51.7 Å². The summed E-state index contributed by atoms with van der Waals surface area (Å²) in [4.78, 5) is 18.9. The zero-order valence-electron chi connectivity index (χ0n) is 13.6. The lowest BCUT2D eigenvalue weighted by Crippen LogP contribution is -2.46. The van der Waals surface area contributed by atoms with Crippen LogP contribution in [0.4, 0.5) is 4.39 Å². The second-order valence-corrected chi connectivity index (χ2v) is 7.27. The molecule has 1 N–H and O–H groups in total. The highest BCUT2D eigenvalue weighted by Gasteiger charge is 2.30. The Morgan fingerprint density at radius 1 is 1.42 bits per heavy atom. The zero-order chi connectivity index (χ0) is 17.1. The maximum Gasteiger partial charge on any atom is 0.273 e. The summed E-state index contributed by atoms with van der Waals surface area (Å²) < 4.78 is 13.7. The van der Waals surface area contributed by atoms with E-state index in [-0.39, 0.29) is 30.3 Å². The SMILES string of the molecule is CC1CCC(CO)CN1C(=O)c1csc(Cc2ccccc2F)n1. The first kappa shape index (κ1) is 17.0. The molecule has 2 unspecified atom stereocenters. The second-order valence-electron chi connectivity index (χ2n) is 6.33. The monoisotopic (exact) mass is 348 g/mol. The molecule has 4 nitrogen and oxygen atoms in total. The number of nitrogens with zero attached hydrogens (tertiary/aromatic N) is 2. The molecule has 3 rings (SSSR count). The van der Waals surface area contributed by atoms with Crippen molar-refractivity contribution in [2.24, 2.45) is 5.92 Å². The molecular formula is C18H21FN2O2S. The van der Waals surface area contributed by atoms with Crippen molar-refractivity contribution in [1.82, 2.24) is 9.88 Å². The lowest BCUT2D eigenvalue weighted by atomic mass is 9.94. The average molecular weight is 348 g/mol. The summed E-state index contributed by atoms with van der Waals surface area (Å²) in [6.07, 6.45) is 2.22. The minimum Gasteiger partial charge on any atom is -0.396 e. The number of amides is 1. The van der Waals surface area contributed by atoms with E-state index in [0.29, 0.717) is 24.2 Å². The Hall–Kier alpha value is -1.79. The minimum absolute atomic E-state index is 0.100. The van der Waals surface area contributed by atoms with Crippen molar-refractivity contribution in [3.63, 3.8) is 0 Å². The number of benzene rings is 1. The molecule has 0 aliphatic carbocycles. The number of hydrogen-bond acceptors (Lipinski definition) is 4. The highest BCUT2D eigenvalue weighted by molar-refractivity contribution is 7.09. The van der Waals surface area contributed by atoms with Gasteiger partial charge in [0.2, 0.25) is 0 Å². The molecule has 1 fully saturated rings. The van der Waals surface area contributed by atoms with E-state index in [4.69, 9.17) is 0 Å². The number of aliphatic hydroxyl groups is 1. The Kier molecular flexibility index (Phi) is 5.26. The Balaban J connectivity index is 1.72. The van der Waals surface area contributed by atoms with Crippen molar-refractivity contribution in [3.8, 4) is 0 Å². The van der Waals surface area contributed by atoms with Gasteiger partial charge < -0.3 is 10.0 Å². The van der Waals surface area contributed by atoms with Crippen LogP contribution in [0.3, 0.4) is 0 Å². The average Bonchev–Trinajstić information content (AvgIpc) is 3.05. The molecule has 1 aliphatic rings. The van der Waals surface area contributed by atoms with Crippen LogP contribution < -0.4 is 0 Å². The highest BCUT2D eigenvalue weighted by atomic mass is 32.1. The predicted octanol–water partition coefficient (Wildman–Crippen LogP) is 3.11. The van der Waals surface area contributed by atoms with E-state index in [1.165, 1.54) is 17.4 Å². The van der Waals surface area contributed by atoms with Gasteiger partial charge >= 0.3 is 0 Å². The van der Waals surface area contributed by atoms with Crippen LogP contribution in [0.15, 0.2) is 29.6 Å². The van der Waals surface area contributed by atoms with Gasteiger partial charge in [-0.2, -0.15) is 0 Å². The second kappa shape index (κ2) is 7.40. The lowest BCUT2D eigenvalue weighted by Gasteiger charge is -2.37. The smallest absolute Gasteiger partial charge is 0.273 e. The van der Waals surface area contributed by atoms with E-state index in [1.807, 2.05) is 6.92 Å². The molecule has 1 aromatic heterocycles. The number of thiazole rings is 1. The number of rotatable bonds is 4. The Bertz CT molecular complexity index is 719. The number of carbonyl (C=O) groups excluding carboxylic acids is 1. The third-order valence-corrected chi connectivity index (χ3v) is 5.42. The summed E-state index contributed by atoms with van der Waals surface area (Å²) in [7, 11) is 0. The van der Waals surface area contributed by atoms with Crippen molar-refractivity contribution < 1.29 is 14.3 Å². The van der Waals surface area contributed by atoms with E-state index in [2.05, 4.69) is 4.98 Å². The number of likely N-dealkylation sites (tertiary alicyclic amines) is 1. The van der Waals surface area contributed by atoms with Crippen LogP contribution >= 0.6 is 11.3 Å². The number of aliphatic hydroxyl groups excluding tert-OH is 1. The number of halogens is 1.